The first-order chi connectivity index (χ1) is 23.5. The first kappa shape index (κ1) is 30.9. The van der Waals surface area contributed by atoms with Crippen LogP contribution in [-0.2, 0) is 45.3 Å². The molecule has 5 aromatic carbocycles. The average molecular weight is 643 g/mol. The van der Waals surface area contributed by atoms with Crippen molar-refractivity contribution in [3.63, 3.8) is 0 Å². The van der Waals surface area contributed by atoms with Crippen LogP contribution in [0.15, 0.2) is 121 Å². The molecule has 0 amide bonds. The van der Waals surface area contributed by atoms with Crippen molar-refractivity contribution in [2.75, 3.05) is 13.7 Å². The lowest BCUT2D eigenvalue weighted by atomic mass is 9.80. The van der Waals surface area contributed by atoms with Gasteiger partial charge in [0.2, 0.25) is 0 Å². The Morgan fingerprint density at radius 2 is 1.23 bits per heavy atom. The summed E-state index contributed by atoms with van der Waals surface area (Å²) in [5.41, 5.74) is 4.45. The minimum Gasteiger partial charge on any atom is -0.489 e. The van der Waals surface area contributed by atoms with Gasteiger partial charge in [-0.1, -0.05) is 97.1 Å². The van der Waals surface area contributed by atoms with Crippen LogP contribution in [0.1, 0.15) is 39.3 Å². The molecule has 8 heteroatoms. The summed E-state index contributed by atoms with van der Waals surface area (Å²) < 4.78 is 35.8. The zero-order chi connectivity index (χ0) is 32.9. The molecular formula is C40H34O8. The highest BCUT2D eigenvalue weighted by Gasteiger charge is 2.55. The molecule has 0 fully saturated rings. The van der Waals surface area contributed by atoms with Crippen LogP contribution in [0.4, 0.5) is 0 Å². The van der Waals surface area contributed by atoms with Crippen LogP contribution >= 0.6 is 0 Å². The Hall–Kier alpha value is -5.76. The van der Waals surface area contributed by atoms with Gasteiger partial charge in [0, 0.05) is 18.1 Å². The minimum atomic E-state index is -1.21. The fourth-order valence-electron chi connectivity index (χ4n) is 6.37. The quantitative estimate of drug-likeness (QED) is 0.119. The number of esters is 2. The van der Waals surface area contributed by atoms with Crippen LogP contribution < -0.4 is 18.9 Å². The van der Waals surface area contributed by atoms with Gasteiger partial charge in [-0.2, -0.15) is 0 Å². The summed E-state index contributed by atoms with van der Waals surface area (Å²) in [7, 11) is 1.15. The van der Waals surface area contributed by atoms with E-state index < -0.39 is 23.5 Å². The Kier molecular flexibility index (Phi) is 8.71. The van der Waals surface area contributed by atoms with E-state index in [1.54, 1.807) is 0 Å². The number of carbonyl (C=O) groups is 2. The second-order valence-electron chi connectivity index (χ2n) is 11.9. The average Bonchev–Trinajstić information content (AvgIpc) is 3.45. The van der Waals surface area contributed by atoms with Crippen molar-refractivity contribution >= 4 is 11.9 Å². The topological polar surface area (TPSA) is 89.5 Å². The summed E-state index contributed by atoms with van der Waals surface area (Å²) >= 11 is 0. The molecule has 242 valence electrons. The van der Waals surface area contributed by atoms with Crippen LogP contribution in [0, 0.1) is 0 Å². The number of methoxy groups -OCH3 is 1. The monoisotopic (exact) mass is 642 g/mol. The van der Waals surface area contributed by atoms with Crippen LogP contribution in [-0.4, -0.2) is 31.3 Å². The van der Waals surface area contributed by atoms with E-state index in [-0.39, 0.29) is 6.61 Å². The maximum Gasteiger partial charge on any atom is 0.418 e. The summed E-state index contributed by atoms with van der Waals surface area (Å²) in [4.78, 5) is 25.2. The SMILES string of the molecule is COC(=O)C(=O)O[C@]12COc3cc(OCc4ccccc4)ccc3[C@H]1c1cc(OCc3ccccc3)c(OCc3ccccc3)cc1C2. The first-order valence-electron chi connectivity index (χ1n) is 15.8. The first-order valence-corrected chi connectivity index (χ1v) is 15.8. The number of hydrogen-bond donors (Lipinski definition) is 0. The number of hydrogen-bond acceptors (Lipinski definition) is 8. The smallest absolute Gasteiger partial charge is 0.418 e. The third-order valence-electron chi connectivity index (χ3n) is 8.67. The molecule has 7 rings (SSSR count). The summed E-state index contributed by atoms with van der Waals surface area (Å²) in [5.74, 6) is -0.243. The van der Waals surface area contributed by atoms with E-state index in [1.807, 2.05) is 121 Å². The van der Waals surface area contributed by atoms with Gasteiger partial charge in [-0.15, -0.1) is 0 Å². The van der Waals surface area contributed by atoms with Gasteiger partial charge < -0.3 is 28.4 Å². The van der Waals surface area contributed by atoms with E-state index in [1.165, 1.54) is 0 Å². The molecule has 1 aliphatic carbocycles. The molecule has 5 aromatic rings. The van der Waals surface area contributed by atoms with Gasteiger partial charge in [-0.05, 0) is 46.0 Å². The maximum absolute atomic E-state index is 12.9. The lowest BCUT2D eigenvalue weighted by molar-refractivity contribution is -0.180. The molecular weight excluding hydrogens is 608 g/mol. The van der Waals surface area contributed by atoms with E-state index in [0.29, 0.717) is 49.2 Å². The minimum absolute atomic E-state index is 0.0185. The van der Waals surface area contributed by atoms with Gasteiger partial charge in [0.15, 0.2) is 17.1 Å². The predicted molar refractivity (Wildman–Crippen MR) is 177 cm³/mol. The van der Waals surface area contributed by atoms with Crippen LogP contribution in [0.3, 0.4) is 0 Å². The fourth-order valence-corrected chi connectivity index (χ4v) is 6.37. The molecule has 8 nitrogen and oxygen atoms in total. The zero-order valence-corrected chi connectivity index (χ0v) is 26.4. The number of fused-ring (bicyclic) bond motifs is 5. The highest BCUT2D eigenvalue weighted by Crippen LogP contribution is 2.55. The van der Waals surface area contributed by atoms with E-state index in [4.69, 9.17) is 28.4 Å². The van der Waals surface area contributed by atoms with Crippen LogP contribution in [0.25, 0.3) is 0 Å². The number of ether oxygens (including phenoxy) is 6. The summed E-state index contributed by atoms with van der Waals surface area (Å²) in [5, 5.41) is 0. The van der Waals surface area contributed by atoms with E-state index >= 15 is 0 Å². The van der Waals surface area contributed by atoms with E-state index in [9.17, 15) is 9.59 Å². The Bertz CT molecular complexity index is 1910. The largest absolute Gasteiger partial charge is 0.489 e. The van der Waals surface area contributed by atoms with Crippen LogP contribution in [0.2, 0.25) is 0 Å². The zero-order valence-electron chi connectivity index (χ0n) is 26.4. The Morgan fingerprint density at radius 1 is 0.667 bits per heavy atom. The van der Waals surface area contributed by atoms with Gasteiger partial charge in [0.05, 0.1) is 13.0 Å². The van der Waals surface area contributed by atoms with Crippen molar-refractivity contribution in [1.29, 1.82) is 0 Å². The second kappa shape index (κ2) is 13.5. The molecule has 0 unspecified atom stereocenters. The highest BCUT2D eigenvalue weighted by molar-refractivity contribution is 6.29. The molecule has 1 aliphatic heterocycles. The summed E-state index contributed by atoms with van der Waals surface area (Å²) in [6.45, 7) is 1.09. The molecule has 0 radical (unpaired) electrons. The maximum atomic E-state index is 12.9. The number of rotatable bonds is 10. The van der Waals surface area contributed by atoms with Gasteiger partial charge in [0.1, 0.15) is 37.9 Å². The molecule has 0 saturated heterocycles. The van der Waals surface area contributed by atoms with Crippen LogP contribution in [0.5, 0.6) is 23.0 Å². The third kappa shape index (κ3) is 6.42. The van der Waals surface area contributed by atoms with Crippen molar-refractivity contribution in [3.05, 3.63) is 155 Å². The molecule has 0 N–H and O–H groups in total. The van der Waals surface area contributed by atoms with E-state index in [2.05, 4.69) is 0 Å². The molecule has 0 aromatic heterocycles. The normalized spacial score (nSPS) is 17.1. The standard InChI is InChI=1S/C40H34O8/c1-43-38(41)39(42)48-40-22-30-19-35(45-24-28-13-7-3-8-14-28)36(46-25-29-15-9-4-10-16-29)21-33(30)37(40)32-18-17-31(20-34(32)47-26-40)44-23-27-11-5-2-6-12-27/h2-21,37H,22-26H2,1H3/t37-,40+/m0/s1. The number of benzene rings is 5. The second-order valence-corrected chi connectivity index (χ2v) is 11.9. The third-order valence-corrected chi connectivity index (χ3v) is 8.67. The molecule has 1 heterocycles. The van der Waals surface area contributed by atoms with Crippen molar-refractivity contribution in [2.45, 2.75) is 37.8 Å². The Morgan fingerprint density at radius 3 is 1.81 bits per heavy atom. The molecule has 2 aliphatic rings. The van der Waals surface area contributed by atoms with Gasteiger partial charge in [0.25, 0.3) is 0 Å². The van der Waals surface area contributed by atoms with E-state index in [0.717, 1.165) is 40.5 Å². The summed E-state index contributed by atoms with van der Waals surface area (Å²) in [6.07, 6.45) is 0.294. The molecule has 48 heavy (non-hydrogen) atoms. The van der Waals surface area contributed by atoms with Gasteiger partial charge in [-0.3, -0.25) is 0 Å². The Labute approximate surface area is 278 Å². The predicted octanol–water partition coefficient (Wildman–Crippen LogP) is 6.96. The number of carbonyl (C=O) groups excluding carboxylic acids is 2. The fraction of sp³-hybridized carbons (Fsp3) is 0.200. The lowest BCUT2D eigenvalue weighted by Gasteiger charge is -2.39. The van der Waals surface area contributed by atoms with Crippen molar-refractivity contribution in [3.8, 4) is 23.0 Å². The van der Waals surface area contributed by atoms with Crippen molar-refractivity contribution in [2.24, 2.45) is 0 Å². The van der Waals surface area contributed by atoms with Gasteiger partial charge >= 0.3 is 11.9 Å². The lowest BCUT2D eigenvalue weighted by Crippen LogP contribution is -2.49. The highest BCUT2D eigenvalue weighted by atomic mass is 16.6. The van der Waals surface area contributed by atoms with Crippen molar-refractivity contribution in [1.82, 2.24) is 0 Å². The molecule has 2 atom stereocenters. The molecule has 0 saturated carbocycles. The summed E-state index contributed by atoms with van der Waals surface area (Å²) in [6, 6.07) is 39.3. The van der Waals surface area contributed by atoms with Crippen molar-refractivity contribution < 1.29 is 38.0 Å². The van der Waals surface area contributed by atoms with Gasteiger partial charge in [-0.25, -0.2) is 9.59 Å². The molecule has 0 bridgehead atoms. The Balaban J connectivity index is 1.26. The molecule has 0 spiro atoms.